The number of aryl methyl sites for hydroxylation is 1. The van der Waals surface area contributed by atoms with E-state index in [4.69, 9.17) is 5.26 Å². The third-order valence-electron chi connectivity index (χ3n) is 3.82. The van der Waals surface area contributed by atoms with E-state index in [-0.39, 0.29) is 0 Å². The van der Waals surface area contributed by atoms with Crippen molar-refractivity contribution in [2.24, 2.45) is 0 Å². The number of hydrogen-bond acceptors (Lipinski definition) is 3. The van der Waals surface area contributed by atoms with Gasteiger partial charge >= 0.3 is 0 Å². The van der Waals surface area contributed by atoms with E-state index in [1.807, 2.05) is 18.2 Å². The van der Waals surface area contributed by atoms with Gasteiger partial charge in [-0.3, -0.25) is 0 Å². The third-order valence-corrected chi connectivity index (χ3v) is 3.82. The van der Waals surface area contributed by atoms with E-state index in [2.05, 4.69) is 30.6 Å². The molecule has 1 saturated heterocycles. The molecule has 2 unspecified atom stereocenters. The Morgan fingerprint density at radius 1 is 1.47 bits per heavy atom. The largest absolute Gasteiger partial charge is 0.382 e. The van der Waals surface area contributed by atoms with E-state index in [1.165, 1.54) is 24.8 Å². The van der Waals surface area contributed by atoms with Crippen molar-refractivity contribution in [3.63, 3.8) is 0 Å². The number of anilines is 1. The molecule has 2 atom stereocenters. The van der Waals surface area contributed by atoms with Gasteiger partial charge in [-0.1, -0.05) is 12.5 Å². The summed E-state index contributed by atoms with van der Waals surface area (Å²) in [6, 6.07) is 9.07. The van der Waals surface area contributed by atoms with Crippen LogP contribution in [0.1, 0.15) is 43.7 Å². The van der Waals surface area contributed by atoms with Crippen molar-refractivity contribution in [2.45, 2.75) is 51.6 Å². The van der Waals surface area contributed by atoms with Crippen molar-refractivity contribution >= 4 is 5.69 Å². The van der Waals surface area contributed by atoms with Crippen LogP contribution in [0.4, 0.5) is 5.69 Å². The molecule has 0 aromatic heterocycles. The summed E-state index contributed by atoms with van der Waals surface area (Å²) in [7, 11) is 0. The predicted molar refractivity (Wildman–Crippen MR) is 79.2 cm³/mol. The van der Waals surface area contributed by atoms with Gasteiger partial charge < -0.3 is 10.6 Å². The van der Waals surface area contributed by atoms with E-state index >= 15 is 0 Å². The molecule has 0 bridgehead atoms. The van der Waals surface area contributed by atoms with E-state index in [0.717, 1.165) is 24.2 Å². The van der Waals surface area contributed by atoms with Gasteiger partial charge in [0.05, 0.1) is 11.6 Å². The summed E-state index contributed by atoms with van der Waals surface area (Å²) in [5.41, 5.74) is 3.00. The molecule has 1 aliphatic rings. The summed E-state index contributed by atoms with van der Waals surface area (Å²) in [5.74, 6) is 0. The van der Waals surface area contributed by atoms with E-state index in [9.17, 15) is 0 Å². The number of rotatable bonds is 4. The van der Waals surface area contributed by atoms with Crippen molar-refractivity contribution in [3.8, 4) is 6.07 Å². The van der Waals surface area contributed by atoms with Crippen molar-refractivity contribution < 1.29 is 0 Å². The number of nitrogens with one attached hydrogen (secondary N) is 2. The van der Waals surface area contributed by atoms with Gasteiger partial charge in [-0.2, -0.15) is 5.26 Å². The van der Waals surface area contributed by atoms with Crippen LogP contribution in [0.3, 0.4) is 0 Å². The minimum Gasteiger partial charge on any atom is -0.382 e. The molecule has 1 heterocycles. The van der Waals surface area contributed by atoms with Crippen LogP contribution in [-0.2, 0) is 0 Å². The second-order valence-electron chi connectivity index (χ2n) is 5.57. The average Bonchev–Trinajstić information content (AvgIpc) is 2.42. The maximum absolute atomic E-state index is 8.96. The van der Waals surface area contributed by atoms with Crippen molar-refractivity contribution in [1.29, 1.82) is 5.26 Å². The molecule has 0 amide bonds. The second kappa shape index (κ2) is 6.58. The lowest BCUT2D eigenvalue weighted by atomic mass is 9.98. The van der Waals surface area contributed by atoms with Crippen molar-refractivity contribution in [1.82, 2.24) is 5.32 Å². The Morgan fingerprint density at radius 2 is 2.32 bits per heavy atom. The van der Waals surface area contributed by atoms with Crippen LogP contribution in [0.15, 0.2) is 18.2 Å². The summed E-state index contributed by atoms with van der Waals surface area (Å²) >= 11 is 0. The third kappa shape index (κ3) is 3.97. The highest BCUT2D eigenvalue weighted by molar-refractivity contribution is 5.55. The van der Waals surface area contributed by atoms with Gasteiger partial charge in [-0.05, 0) is 57.4 Å². The van der Waals surface area contributed by atoms with Crippen LogP contribution in [0.25, 0.3) is 0 Å². The quantitative estimate of drug-likeness (QED) is 0.870. The summed E-state index contributed by atoms with van der Waals surface area (Å²) in [4.78, 5) is 0. The normalized spacial score (nSPS) is 20.6. The van der Waals surface area contributed by atoms with Gasteiger partial charge in [0.25, 0.3) is 0 Å². The van der Waals surface area contributed by atoms with Crippen LogP contribution < -0.4 is 10.6 Å². The zero-order valence-corrected chi connectivity index (χ0v) is 11.9. The van der Waals surface area contributed by atoms with Crippen LogP contribution in [0.5, 0.6) is 0 Å². The Morgan fingerprint density at radius 3 is 3.00 bits per heavy atom. The molecule has 0 spiro atoms. The number of piperidine rings is 1. The SMILES string of the molecule is Cc1ccc(C#N)cc1NC(C)CC1CCCCN1. The van der Waals surface area contributed by atoms with Crippen molar-refractivity contribution in [2.75, 3.05) is 11.9 Å². The summed E-state index contributed by atoms with van der Waals surface area (Å²) in [6.45, 7) is 5.45. The monoisotopic (exact) mass is 257 g/mol. The fourth-order valence-corrected chi connectivity index (χ4v) is 2.72. The minimum absolute atomic E-state index is 0.420. The maximum atomic E-state index is 8.96. The van der Waals surface area contributed by atoms with Gasteiger partial charge in [0.2, 0.25) is 0 Å². The molecule has 3 nitrogen and oxygen atoms in total. The first kappa shape index (κ1) is 13.9. The van der Waals surface area contributed by atoms with Crippen LogP contribution >= 0.6 is 0 Å². The molecule has 102 valence electrons. The van der Waals surface area contributed by atoms with Gasteiger partial charge in [-0.15, -0.1) is 0 Å². The fraction of sp³-hybridized carbons (Fsp3) is 0.562. The first-order chi connectivity index (χ1) is 9.19. The Balaban J connectivity index is 1.94. The standard InChI is InChI=1S/C16H23N3/c1-12-6-7-14(11-17)10-16(12)19-13(2)9-15-5-3-4-8-18-15/h6-7,10,13,15,18-19H,3-5,8-9H2,1-2H3. The molecular weight excluding hydrogens is 234 g/mol. The fourth-order valence-electron chi connectivity index (χ4n) is 2.72. The molecule has 1 fully saturated rings. The molecule has 2 N–H and O–H groups in total. The second-order valence-corrected chi connectivity index (χ2v) is 5.57. The van der Waals surface area contributed by atoms with Gasteiger partial charge in [-0.25, -0.2) is 0 Å². The highest BCUT2D eigenvalue weighted by Crippen LogP contribution is 2.20. The number of nitriles is 1. The molecule has 1 aromatic rings. The molecule has 0 aliphatic carbocycles. The predicted octanol–water partition coefficient (Wildman–Crippen LogP) is 3.20. The average molecular weight is 257 g/mol. The molecule has 2 rings (SSSR count). The molecule has 1 aromatic carbocycles. The van der Waals surface area contributed by atoms with Crippen LogP contribution in [0, 0.1) is 18.3 Å². The Labute approximate surface area is 116 Å². The molecular formula is C16H23N3. The summed E-state index contributed by atoms with van der Waals surface area (Å²) in [6.07, 6.45) is 5.06. The van der Waals surface area contributed by atoms with Gasteiger partial charge in [0, 0.05) is 17.8 Å². The van der Waals surface area contributed by atoms with E-state index < -0.39 is 0 Å². The molecule has 0 radical (unpaired) electrons. The Bertz CT molecular complexity index is 456. The number of benzene rings is 1. The molecule has 19 heavy (non-hydrogen) atoms. The molecule has 1 aliphatic heterocycles. The first-order valence-electron chi connectivity index (χ1n) is 7.19. The zero-order valence-electron chi connectivity index (χ0n) is 11.9. The van der Waals surface area contributed by atoms with E-state index in [0.29, 0.717) is 12.1 Å². The molecule has 0 saturated carbocycles. The highest BCUT2D eigenvalue weighted by Gasteiger charge is 2.16. The smallest absolute Gasteiger partial charge is 0.0992 e. The maximum Gasteiger partial charge on any atom is 0.0992 e. The van der Waals surface area contributed by atoms with E-state index in [1.54, 1.807) is 0 Å². The van der Waals surface area contributed by atoms with Gasteiger partial charge in [0.15, 0.2) is 0 Å². The minimum atomic E-state index is 0.420. The van der Waals surface area contributed by atoms with Crippen LogP contribution in [0.2, 0.25) is 0 Å². The van der Waals surface area contributed by atoms with Crippen LogP contribution in [-0.4, -0.2) is 18.6 Å². The molecule has 3 heteroatoms. The Kier molecular flexibility index (Phi) is 4.81. The number of hydrogen-bond donors (Lipinski definition) is 2. The van der Waals surface area contributed by atoms with Gasteiger partial charge in [0.1, 0.15) is 0 Å². The summed E-state index contributed by atoms with van der Waals surface area (Å²) in [5, 5.41) is 16.1. The van der Waals surface area contributed by atoms with Crippen molar-refractivity contribution in [3.05, 3.63) is 29.3 Å². The zero-order chi connectivity index (χ0) is 13.7. The topological polar surface area (TPSA) is 47.9 Å². The lowest BCUT2D eigenvalue weighted by Gasteiger charge is -2.27. The lowest BCUT2D eigenvalue weighted by molar-refractivity contribution is 0.371. The first-order valence-corrected chi connectivity index (χ1v) is 7.19. The lowest BCUT2D eigenvalue weighted by Crippen LogP contribution is -2.37. The Hall–Kier alpha value is -1.53. The summed E-state index contributed by atoms with van der Waals surface area (Å²) < 4.78 is 0. The highest BCUT2D eigenvalue weighted by atomic mass is 15.0. The number of nitrogens with zero attached hydrogens (tertiary/aromatic N) is 1.